The molecule has 2 rings (SSSR count). The molecule has 0 aromatic heterocycles. The number of ether oxygens (including phenoxy) is 1. The summed E-state index contributed by atoms with van der Waals surface area (Å²) in [5.74, 6) is 2.67. The van der Waals surface area contributed by atoms with Crippen molar-refractivity contribution in [1.82, 2.24) is 0 Å². The number of hydrogen-bond donors (Lipinski definition) is 1. The predicted molar refractivity (Wildman–Crippen MR) is 88.4 cm³/mol. The highest BCUT2D eigenvalue weighted by molar-refractivity contribution is 4.87. The molecule has 0 saturated heterocycles. The highest BCUT2D eigenvalue weighted by Gasteiger charge is 2.36. The Morgan fingerprint density at radius 3 is 2.10 bits per heavy atom. The van der Waals surface area contributed by atoms with Gasteiger partial charge in [0.05, 0.1) is 18.3 Å². The molecule has 0 aromatic carbocycles. The molecule has 0 aromatic rings. The second-order valence-electron chi connectivity index (χ2n) is 7.99. The summed E-state index contributed by atoms with van der Waals surface area (Å²) in [5, 5.41) is 9.71. The molecule has 0 spiro atoms. The van der Waals surface area contributed by atoms with Gasteiger partial charge in [0, 0.05) is 0 Å². The van der Waals surface area contributed by atoms with E-state index in [1.807, 2.05) is 6.92 Å². The Hall–Kier alpha value is -0.0800. The van der Waals surface area contributed by atoms with E-state index in [-0.39, 0.29) is 11.7 Å². The van der Waals surface area contributed by atoms with Crippen molar-refractivity contribution in [3.63, 3.8) is 0 Å². The Balaban J connectivity index is 1.76. The molecule has 2 aliphatic rings. The SMILES string of the molecule is CCC(O)COC(C)(C)C1CCC(C2CCCCC2)CC1. The van der Waals surface area contributed by atoms with E-state index in [2.05, 4.69) is 13.8 Å². The number of hydrogen-bond acceptors (Lipinski definition) is 2. The van der Waals surface area contributed by atoms with Crippen molar-refractivity contribution in [2.24, 2.45) is 17.8 Å². The molecular weight excluding hydrogens is 260 g/mol. The van der Waals surface area contributed by atoms with E-state index in [0.29, 0.717) is 12.5 Å². The van der Waals surface area contributed by atoms with Crippen LogP contribution in [0.1, 0.15) is 85.0 Å². The van der Waals surface area contributed by atoms with Crippen molar-refractivity contribution in [3.8, 4) is 0 Å². The first-order valence-corrected chi connectivity index (χ1v) is 9.35. The molecule has 2 fully saturated rings. The third kappa shape index (κ3) is 4.96. The quantitative estimate of drug-likeness (QED) is 0.752. The van der Waals surface area contributed by atoms with Crippen molar-refractivity contribution in [3.05, 3.63) is 0 Å². The minimum atomic E-state index is -0.303. The molecule has 2 aliphatic carbocycles. The third-order valence-electron chi connectivity index (χ3n) is 6.19. The maximum absolute atomic E-state index is 9.71. The smallest absolute Gasteiger partial charge is 0.0771 e. The van der Waals surface area contributed by atoms with Crippen molar-refractivity contribution >= 4 is 0 Å². The molecule has 2 saturated carbocycles. The van der Waals surface area contributed by atoms with Gasteiger partial charge in [-0.2, -0.15) is 0 Å². The van der Waals surface area contributed by atoms with E-state index in [9.17, 15) is 5.11 Å². The predicted octanol–water partition coefficient (Wildman–Crippen LogP) is 4.94. The van der Waals surface area contributed by atoms with E-state index in [1.165, 1.54) is 57.8 Å². The number of aliphatic hydroxyl groups excluding tert-OH is 1. The highest BCUT2D eigenvalue weighted by atomic mass is 16.5. The van der Waals surface area contributed by atoms with Crippen LogP contribution in [0.4, 0.5) is 0 Å². The van der Waals surface area contributed by atoms with E-state index in [0.717, 1.165) is 18.3 Å². The van der Waals surface area contributed by atoms with Crippen LogP contribution in [-0.2, 0) is 4.74 Å². The maximum Gasteiger partial charge on any atom is 0.0771 e. The second kappa shape index (κ2) is 7.97. The molecule has 2 nitrogen and oxygen atoms in total. The first kappa shape index (κ1) is 17.3. The molecule has 0 aliphatic heterocycles. The van der Waals surface area contributed by atoms with Gasteiger partial charge in [0.1, 0.15) is 0 Å². The first-order valence-electron chi connectivity index (χ1n) is 9.35. The molecule has 1 atom stereocenters. The minimum absolute atomic E-state index is 0.0757. The second-order valence-corrected chi connectivity index (χ2v) is 7.99. The van der Waals surface area contributed by atoms with Crippen LogP contribution in [-0.4, -0.2) is 23.4 Å². The molecule has 21 heavy (non-hydrogen) atoms. The monoisotopic (exact) mass is 296 g/mol. The van der Waals surface area contributed by atoms with Gasteiger partial charge >= 0.3 is 0 Å². The van der Waals surface area contributed by atoms with Crippen LogP contribution in [0.3, 0.4) is 0 Å². The summed E-state index contributed by atoms with van der Waals surface area (Å²) in [4.78, 5) is 0. The Morgan fingerprint density at radius 1 is 0.952 bits per heavy atom. The van der Waals surface area contributed by atoms with Gasteiger partial charge in [-0.05, 0) is 63.7 Å². The van der Waals surface area contributed by atoms with Crippen molar-refractivity contribution in [1.29, 1.82) is 0 Å². The highest BCUT2D eigenvalue weighted by Crippen LogP contribution is 2.43. The molecule has 1 N–H and O–H groups in total. The van der Waals surface area contributed by atoms with Crippen LogP contribution in [0.25, 0.3) is 0 Å². The Kier molecular flexibility index (Phi) is 6.55. The minimum Gasteiger partial charge on any atom is -0.391 e. The molecule has 0 amide bonds. The zero-order valence-electron chi connectivity index (χ0n) is 14.4. The van der Waals surface area contributed by atoms with E-state index < -0.39 is 0 Å². The van der Waals surface area contributed by atoms with Crippen molar-refractivity contribution < 1.29 is 9.84 Å². The van der Waals surface area contributed by atoms with Crippen LogP contribution >= 0.6 is 0 Å². The fourth-order valence-electron chi connectivity index (χ4n) is 4.44. The summed E-state index contributed by atoms with van der Waals surface area (Å²) in [6.07, 6.45) is 13.3. The summed E-state index contributed by atoms with van der Waals surface area (Å²) in [6, 6.07) is 0. The fraction of sp³-hybridized carbons (Fsp3) is 1.00. The van der Waals surface area contributed by atoms with Crippen LogP contribution in [0.2, 0.25) is 0 Å². The van der Waals surface area contributed by atoms with Gasteiger partial charge in [0.15, 0.2) is 0 Å². The normalized spacial score (nSPS) is 30.3. The average Bonchev–Trinajstić information content (AvgIpc) is 2.53. The molecule has 0 radical (unpaired) electrons. The van der Waals surface area contributed by atoms with Gasteiger partial charge in [0.25, 0.3) is 0 Å². The third-order valence-corrected chi connectivity index (χ3v) is 6.19. The van der Waals surface area contributed by atoms with E-state index in [1.54, 1.807) is 0 Å². The molecule has 1 unspecified atom stereocenters. The average molecular weight is 296 g/mol. The summed E-state index contributed by atoms with van der Waals surface area (Å²) in [5.41, 5.74) is -0.0757. The zero-order valence-corrected chi connectivity index (χ0v) is 14.4. The Labute approximate surface area is 131 Å². The Morgan fingerprint density at radius 2 is 1.52 bits per heavy atom. The summed E-state index contributed by atoms with van der Waals surface area (Å²) in [6.45, 7) is 6.95. The standard InChI is InChI=1S/C19H36O2/c1-4-18(20)14-21-19(2,3)17-12-10-16(11-13-17)15-8-6-5-7-9-15/h15-18,20H,4-14H2,1-3H3. The summed E-state index contributed by atoms with van der Waals surface area (Å²) >= 11 is 0. The molecule has 0 bridgehead atoms. The van der Waals surface area contributed by atoms with Crippen LogP contribution in [0.15, 0.2) is 0 Å². The van der Waals surface area contributed by atoms with Gasteiger partial charge in [-0.1, -0.05) is 39.0 Å². The van der Waals surface area contributed by atoms with Gasteiger partial charge in [-0.3, -0.25) is 0 Å². The number of rotatable bonds is 6. The lowest BCUT2D eigenvalue weighted by Crippen LogP contribution is -2.39. The lowest BCUT2D eigenvalue weighted by atomic mass is 9.68. The van der Waals surface area contributed by atoms with Crippen molar-refractivity contribution in [2.75, 3.05) is 6.61 Å². The molecule has 0 heterocycles. The zero-order chi connectivity index (χ0) is 15.3. The number of aliphatic hydroxyl groups is 1. The van der Waals surface area contributed by atoms with Crippen LogP contribution < -0.4 is 0 Å². The van der Waals surface area contributed by atoms with Crippen molar-refractivity contribution in [2.45, 2.75) is 96.7 Å². The first-order chi connectivity index (χ1) is 10.0. The lowest BCUT2D eigenvalue weighted by Gasteiger charge is -2.42. The van der Waals surface area contributed by atoms with Gasteiger partial charge in [0.2, 0.25) is 0 Å². The Bertz CT molecular complexity index is 286. The fourth-order valence-corrected chi connectivity index (χ4v) is 4.44. The van der Waals surface area contributed by atoms with Gasteiger partial charge < -0.3 is 9.84 Å². The maximum atomic E-state index is 9.71. The lowest BCUT2D eigenvalue weighted by molar-refractivity contribution is -0.102. The van der Waals surface area contributed by atoms with E-state index in [4.69, 9.17) is 4.74 Å². The molecular formula is C19H36O2. The van der Waals surface area contributed by atoms with E-state index >= 15 is 0 Å². The molecule has 2 heteroatoms. The summed E-state index contributed by atoms with van der Waals surface area (Å²) < 4.78 is 6.05. The molecule has 124 valence electrons. The van der Waals surface area contributed by atoms with Gasteiger partial charge in [-0.15, -0.1) is 0 Å². The van der Waals surface area contributed by atoms with Crippen LogP contribution in [0, 0.1) is 17.8 Å². The van der Waals surface area contributed by atoms with Gasteiger partial charge in [-0.25, -0.2) is 0 Å². The largest absolute Gasteiger partial charge is 0.391 e. The summed E-state index contributed by atoms with van der Waals surface area (Å²) in [7, 11) is 0. The topological polar surface area (TPSA) is 29.5 Å². The van der Waals surface area contributed by atoms with Crippen LogP contribution in [0.5, 0.6) is 0 Å².